The Morgan fingerprint density at radius 3 is 2.71 bits per heavy atom. The summed E-state index contributed by atoms with van der Waals surface area (Å²) in [5.74, 6) is 0.818. The Balaban J connectivity index is 2.57. The summed E-state index contributed by atoms with van der Waals surface area (Å²) < 4.78 is 10.6. The molecule has 1 atom stereocenters. The molecule has 0 heterocycles. The molecule has 0 saturated carbocycles. The Morgan fingerprint density at radius 1 is 1.38 bits per heavy atom. The Hall–Kier alpha value is -1.46. The van der Waals surface area contributed by atoms with E-state index < -0.39 is 6.10 Å². The highest BCUT2D eigenvalue weighted by Gasteiger charge is 2.13. The van der Waals surface area contributed by atoms with Gasteiger partial charge in [0.2, 0.25) is 5.90 Å². The first-order valence-electron chi connectivity index (χ1n) is 6.49. The van der Waals surface area contributed by atoms with Crippen molar-refractivity contribution in [1.29, 1.82) is 0 Å². The number of hydrogen-bond donors (Lipinski definition) is 0. The lowest BCUT2D eigenvalue weighted by molar-refractivity contribution is -0.116. The molecule has 0 amide bonds. The molecule has 21 heavy (non-hydrogen) atoms. The lowest BCUT2D eigenvalue weighted by Crippen LogP contribution is -2.24. The number of carbonyl (C=O) groups excluding carboxylic acids is 1. The van der Waals surface area contributed by atoms with E-state index >= 15 is 0 Å². The number of hydrogen-bond acceptors (Lipinski definition) is 5. The number of nitrogens with zero attached hydrogens (tertiary/aromatic N) is 1. The van der Waals surface area contributed by atoms with Crippen molar-refractivity contribution in [3.63, 3.8) is 0 Å². The molecule has 1 aromatic rings. The van der Waals surface area contributed by atoms with Gasteiger partial charge in [0.05, 0.1) is 11.6 Å². The van der Waals surface area contributed by atoms with Crippen LogP contribution in [0.3, 0.4) is 0 Å². The smallest absolute Gasteiger partial charge is 0.225 e. The number of aldehydes is 1. The lowest BCUT2D eigenvalue weighted by Gasteiger charge is -2.14. The summed E-state index contributed by atoms with van der Waals surface area (Å²) in [6.07, 6.45) is 0.392. The number of oxime groups is 1. The quantitative estimate of drug-likeness (QED) is 0.315. The molecule has 0 N–H and O–H groups in total. The highest BCUT2D eigenvalue weighted by atomic mass is 35.5. The SMILES string of the molecule is CCO/C(CC)=N\OCC(C=O)Oc1ccc(Cl)cc1Cl. The van der Waals surface area contributed by atoms with Crippen molar-refractivity contribution in [1.82, 2.24) is 0 Å². The fourth-order valence-electron chi connectivity index (χ4n) is 1.38. The highest BCUT2D eigenvalue weighted by Crippen LogP contribution is 2.28. The van der Waals surface area contributed by atoms with Gasteiger partial charge in [0.1, 0.15) is 5.75 Å². The molecule has 0 aliphatic carbocycles. The summed E-state index contributed by atoms with van der Waals surface area (Å²) in [4.78, 5) is 16.1. The summed E-state index contributed by atoms with van der Waals surface area (Å²) in [7, 11) is 0. The average molecular weight is 334 g/mol. The molecule has 0 aromatic heterocycles. The van der Waals surface area contributed by atoms with Crippen LogP contribution in [0.25, 0.3) is 0 Å². The van der Waals surface area contributed by atoms with Gasteiger partial charge in [0.15, 0.2) is 19.0 Å². The fourth-order valence-corrected chi connectivity index (χ4v) is 1.83. The minimum absolute atomic E-state index is 0.0426. The second-order valence-electron chi connectivity index (χ2n) is 3.93. The van der Waals surface area contributed by atoms with Crippen LogP contribution < -0.4 is 4.74 Å². The monoisotopic (exact) mass is 333 g/mol. The maximum absolute atomic E-state index is 11.0. The molecule has 0 aliphatic rings. The van der Waals surface area contributed by atoms with Crippen molar-refractivity contribution in [2.75, 3.05) is 13.2 Å². The number of carbonyl (C=O) groups is 1. The van der Waals surface area contributed by atoms with Gasteiger partial charge in [-0.2, -0.15) is 0 Å². The van der Waals surface area contributed by atoms with E-state index in [9.17, 15) is 4.79 Å². The molecule has 116 valence electrons. The van der Waals surface area contributed by atoms with Crippen molar-refractivity contribution in [2.24, 2.45) is 5.16 Å². The van der Waals surface area contributed by atoms with Gasteiger partial charge in [-0.3, -0.25) is 4.79 Å². The molecule has 1 unspecified atom stereocenters. The zero-order valence-corrected chi connectivity index (χ0v) is 13.4. The van der Waals surface area contributed by atoms with E-state index in [4.69, 9.17) is 37.5 Å². The van der Waals surface area contributed by atoms with Gasteiger partial charge in [-0.25, -0.2) is 0 Å². The molecule has 7 heteroatoms. The van der Waals surface area contributed by atoms with E-state index in [-0.39, 0.29) is 6.61 Å². The van der Waals surface area contributed by atoms with Gasteiger partial charge in [0.25, 0.3) is 0 Å². The molecule has 1 aromatic carbocycles. The number of ether oxygens (including phenoxy) is 2. The first-order chi connectivity index (χ1) is 10.1. The fraction of sp³-hybridized carbons (Fsp3) is 0.429. The van der Waals surface area contributed by atoms with Crippen LogP contribution in [0.15, 0.2) is 23.4 Å². The predicted octanol–water partition coefficient (Wildman–Crippen LogP) is 3.72. The van der Waals surface area contributed by atoms with Crippen LogP contribution in [0.2, 0.25) is 10.0 Å². The number of halogens is 2. The lowest BCUT2D eigenvalue weighted by atomic mass is 10.3. The van der Waals surface area contributed by atoms with E-state index in [0.717, 1.165) is 0 Å². The van der Waals surface area contributed by atoms with Crippen molar-refractivity contribution >= 4 is 35.4 Å². The number of benzene rings is 1. The van der Waals surface area contributed by atoms with Gasteiger partial charge in [-0.05, 0) is 25.1 Å². The van der Waals surface area contributed by atoms with Gasteiger partial charge >= 0.3 is 0 Å². The first kappa shape index (κ1) is 17.6. The third kappa shape index (κ3) is 6.23. The van der Waals surface area contributed by atoms with E-state index in [1.54, 1.807) is 12.1 Å². The second-order valence-corrected chi connectivity index (χ2v) is 4.78. The van der Waals surface area contributed by atoms with Crippen LogP contribution in [0.5, 0.6) is 5.75 Å². The number of rotatable bonds is 8. The topological polar surface area (TPSA) is 57.1 Å². The van der Waals surface area contributed by atoms with Gasteiger partial charge in [-0.1, -0.05) is 35.3 Å². The van der Waals surface area contributed by atoms with Gasteiger partial charge in [-0.15, -0.1) is 0 Å². The van der Waals surface area contributed by atoms with E-state index in [1.165, 1.54) is 6.07 Å². The van der Waals surface area contributed by atoms with E-state index in [0.29, 0.717) is 41.0 Å². The van der Waals surface area contributed by atoms with Crippen molar-refractivity contribution in [3.8, 4) is 5.75 Å². The van der Waals surface area contributed by atoms with E-state index in [1.807, 2.05) is 13.8 Å². The first-order valence-corrected chi connectivity index (χ1v) is 7.24. The summed E-state index contributed by atoms with van der Waals surface area (Å²) in [5, 5.41) is 4.61. The largest absolute Gasteiger partial charge is 0.479 e. The molecule has 0 aliphatic heterocycles. The van der Waals surface area contributed by atoms with Crippen LogP contribution in [0, 0.1) is 0 Å². The molecule has 0 radical (unpaired) electrons. The standard InChI is InChI=1S/C14H17Cl2NO4/c1-3-14(19-4-2)17-20-9-11(8-18)21-13-6-5-10(15)7-12(13)16/h5-8,11H,3-4,9H2,1-2H3/b17-14-. The van der Waals surface area contributed by atoms with E-state index in [2.05, 4.69) is 5.16 Å². The Kier molecular flexibility index (Phi) is 7.93. The van der Waals surface area contributed by atoms with Crippen LogP contribution >= 0.6 is 23.2 Å². The minimum Gasteiger partial charge on any atom is -0.479 e. The Morgan fingerprint density at radius 2 is 2.14 bits per heavy atom. The molecule has 0 saturated heterocycles. The molecule has 0 bridgehead atoms. The second kappa shape index (κ2) is 9.47. The minimum atomic E-state index is -0.827. The van der Waals surface area contributed by atoms with Crippen molar-refractivity contribution in [2.45, 2.75) is 26.4 Å². The maximum Gasteiger partial charge on any atom is 0.225 e. The third-order valence-corrected chi connectivity index (χ3v) is 2.87. The molecule has 5 nitrogen and oxygen atoms in total. The third-order valence-electron chi connectivity index (χ3n) is 2.34. The molecular weight excluding hydrogens is 317 g/mol. The summed E-state index contributed by atoms with van der Waals surface area (Å²) in [6, 6.07) is 4.74. The van der Waals surface area contributed by atoms with Crippen molar-refractivity contribution < 1.29 is 19.1 Å². The highest BCUT2D eigenvalue weighted by molar-refractivity contribution is 6.35. The zero-order chi connectivity index (χ0) is 15.7. The normalized spacial score (nSPS) is 12.7. The van der Waals surface area contributed by atoms with Crippen LogP contribution in [-0.2, 0) is 14.4 Å². The average Bonchev–Trinajstić information content (AvgIpc) is 2.47. The molecule has 0 spiro atoms. The Bertz CT molecular complexity index is 494. The molecule has 1 rings (SSSR count). The summed E-state index contributed by atoms with van der Waals surface area (Å²) >= 11 is 11.8. The molecular formula is C14H17Cl2NO4. The Labute approximate surface area is 133 Å². The van der Waals surface area contributed by atoms with Gasteiger partial charge < -0.3 is 14.3 Å². The molecule has 0 fully saturated rings. The van der Waals surface area contributed by atoms with Gasteiger partial charge in [0, 0.05) is 11.4 Å². The summed E-state index contributed by atoms with van der Waals surface area (Å²) in [6.45, 7) is 4.20. The predicted molar refractivity (Wildman–Crippen MR) is 82.2 cm³/mol. The van der Waals surface area contributed by atoms with Crippen LogP contribution in [-0.4, -0.2) is 31.5 Å². The maximum atomic E-state index is 11.0. The summed E-state index contributed by atoms with van der Waals surface area (Å²) in [5.41, 5.74) is 0. The van der Waals surface area contributed by atoms with Crippen molar-refractivity contribution in [3.05, 3.63) is 28.2 Å². The zero-order valence-electron chi connectivity index (χ0n) is 11.8. The van der Waals surface area contributed by atoms with Crippen LogP contribution in [0.1, 0.15) is 20.3 Å². The van der Waals surface area contributed by atoms with Crippen LogP contribution in [0.4, 0.5) is 0 Å².